The number of ketones is 1. The molecule has 3 heteroatoms. The topological polar surface area (TPSA) is 57.5 Å². The second-order valence-corrected chi connectivity index (χ2v) is 9.00. The molecule has 0 aliphatic heterocycles. The SMILES string of the molecule is CCCCCCCCCCCCCCCCCC(O)CCCCC(=O)CCCO. The molecular weight excluding hydrogens is 360 g/mol. The summed E-state index contributed by atoms with van der Waals surface area (Å²) in [6, 6.07) is 0. The molecule has 0 saturated heterocycles. The second-order valence-electron chi connectivity index (χ2n) is 9.00. The quantitative estimate of drug-likeness (QED) is 0.161. The van der Waals surface area contributed by atoms with E-state index in [-0.39, 0.29) is 18.5 Å². The molecule has 0 amide bonds. The first-order chi connectivity index (χ1) is 14.2. The lowest BCUT2D eigenvalue weighted by Crippen LogP contribution is -2.07. The molecular formula is C26H52O3. The molecule has 2 N–H and O–H groups in total. The van der Waals surface area contributed by atoms with Crippen LogP contribution in [-0.4, -0.2) is 28.7 Å². The number of carbonyl (C=O) groups is 1. The smallest absolute Gasteiger partial charge is 0.132 e. The molecule has 0 aromatic heterocycles. The van der Waals surface area contributed by atoms with Crippen molar-refractivity contribution < 1.29 is 15.0 Å². The van der Waals surface area contributed by atoms with Crippen LogP contribution in [0.5, 0.6) is 0 Å². The van der Waals surface area contributed by atoms with E-state index in [2.05, 4.69) is 6.92 Å². The number of Topliss-reactive ketones (excluding diaryl/α,β-unsaturated/α-hetero) is 1. The van der Waals surface area contributed by atoms with Crippen LogP contribution in [0.1, 0.15) is 148 Å². The Labute approximate surface area is 182 Å². The Bertz CT molecular complexity index is 330. The van der Waals surface area contributed by atoms with Gasteiger partial charge in [0.1, 0.15) is 5.78 Å². The summed E-state index contributed by atoms with van der Waals surface area (Å²) in [6.45, 7) is 2.38. The zero-order valence-corrected chi connectivity index (χ0v) is 19.6. The van der Waals surface area contributed by atoms with Gasteiger partial charge in [-0.2, -0.15) is 0 Å². The van der Waals surface area contributed by atoms with Crippen molar-refractivity contribution in [2.75, 3.05) is 6.61 Å². The maximum atomic E-state index is 11.5. The third kappa shape index (κ3) is 23.7. The van der Waals surface area contributed by atoms with Gasteiger partial charge in [-0.1, -0.05) is 110 Å². The van der Waals surface area contributed by atoms with Crippen molar-refractivity contribution in [3.05, 3.63) is 0 Å². The van der Waals surface area contributed by atoms with Crippen molar-refractivity contribution in [2.45, 2.75) is 154 Å². The van der Waals surface area contributed by atoms with E-state index in [1.54, 1.807) is 0 Å². The molecule has 29 heavy (non-hydrogen) atoms. The minimum Gasteiger partial charge on any atom is -0.396 e. The van der Waals surface area contributed by atoms with Gasteiger partial charge in [-0.25, -0.2) is 0 Å². The summed E-state index contributed by atoms with van der Waals surface area (Å²) < 4.78 is 0. The lowest BCUT2D eigenvalue weighted by molar-refractivity contribution is -0.119. The van der Waals surface area contributed by atoms with Gasteiger partial charge in [-0.15, -0.1) is 0 Å². The van der Waals surface area contributed by atoms with Gasteiger partial charge in [0.05, 0.1) is 6.10 Å². The Morgan fingerprint density at radius 1 is 0.586 bits per heavy atom. The van der Waals surface area contributed by atoms with E-state index in [1.807, 2.05) is 0 Å². The minimum absolute atomic E-state index is 0.101. The Morgan fingerprint density at radius 3 is 1.41 bits per heavy atom. The lowest BCUT2D eigenvalue weighted by Gasteiger charge is -2.10. The largest absolute Gasteiger partial charge is 0.396 e. The Balaban J connectivity index is 3.19. The summed E-state index contributed by atoms with van der Waals surface area (Å²) >= 11 is 0. The molecule has 0 aliphatic rings. The average Bonchev–Trinajstić information content (AvgIpc) is 2.72. The first kappa shape index (κ1) is 28.6. The number of carbonyl (C=O) groups excluding carboxylic acids is 1. The molecule has 0 aromatic rings. The van der Waals surface area contributed by atoms with Crippen molar-refractivity contribution in [3.63, 3.8) is 0 Å². The van der Waals surface area contributed by atoms with E-state index in [0.29, 0.717) is 19.3 Å². The van der Waals surface area contributed by atoms with Crippen molar-refractivity contribution in [3.8, 4) is 0 Å². The highest BCUT2D eigenvalue weighted by Gasteiger charge is 2.06. The van der Waals surface area contributed by atoms with Crippen molar-refractivity contribution in [1.82, 2.24) is 0 Å². The predicted molar refractivity (Wildman–Crippen MR) is 125 cm³/mol. The fraction of sp³-hybridized carbons (Fsp3) is 0.962. The lowest BCUT2D eigenvalue weighted by atomic mass is 10.0. The van der Waals surface area contributed by atoms with Gasteiger partial charge in [0, 0.05) is 19.4 Å². The molecule has 0 heterocycles. The van der Waals surface area contributed by atoms with E-state index < -0.39 is 0 Å². The molecule has 3 nitrogen and oxygen atoms in total. The number of hydrogen-bond donors (Lipinski definition) is 2. The summed E-state index contributed by atoms with van der Waals surface area (Å²) in [6.07, 6.45) is 25.6. The van der Waals surface area contributed by atoms with E-state index >= 15 is 0 Å². The van der Waals surface area contributed by atoms with Gasteiger partial charge in [-0.3, -0.25) is 4.79 Å². The van der Waals surface area contributed by atoms with Crippen LogP contribution in [0.2, 0.25) is 0 Å². The zero-order valence-electron chi connectivity index (χ0n) is 19.6. The Kier molecular flexibility index (Phi) is 23.5. The Hall–Kier alpha value is -0.410. The third-order valence-corrected chi connectivity index (χ3v) is 6.00. The van der Waals surface area contributed by atoms with Crippen LogP contribution >= 0.6 is 0 Å². The molecule has 0 fully saturated rings. The normalized spacial score (nSPS) is 12.4. The van der Waals surface area contributed by atoms with Crippen molar-refractivity contribution in [2.24, 2.45) is 0 Å². The Morgan fingerprint density at radius 2 is 0.966 bits per heavy atom. The van der Waals surface area contributed by atoms with Crippen molar-refractivity contribution >= 4 is 5.78 Å². The molecule has 0 bridgehead atoms. The molecule has 174 valence electrons. The summed E-state index contributed by atoms with van der Waals surface area (Å²) in [5.41, 5.74) is 0. The van der Waals surface area contributed by atoms with Crippen LogP contribution in [0.3, 0.4) is 0 Å². The fourth-order valence-electron chi connectivity index (χ4n) is 4.00. The van der Waals surface area contributed by atoms with Gasteiger partial charge in [0.2, 0.25) is 0 Å². The van der Waals surface area contributed by atoms with Crippen molar-refractivity contribution in [1.29, 1.82) is 0 Å². The first-order valence-electron chi connectivity index (χ1n) is 13.0. The van der Waals surface area contributed by atoms with Gasteiger partial charge < -0.3 is 10.2 Å². The van der Waals surface area contributed by atoms with E-state index in [0.717, 1.165) is 32.1 Å². The van der Waals surface area contributed by atoms with E-state index in [1.165, 1.54) is 89.9 Å². The molecule has 0 radical (unpaired) electrons. The number of hydrogen-bond acceptors (Lipinski definition) is 3. The standard InChI is InChI=1S/C26H52O3/c1-2-3-4-5-6-7-8-9-10-11-12-13-14-15-16-20-25(28)21-17-18-22-26(29)23-19-24-27/h25,27-28H,2-24H2,1H3. The van der Waals surface area contributed by atoms with Crippen LogP contribution in [0.4, 0.5) is 0 Å². The highest BCUT2D eigenvalue weighted by atomic mass is 16.3. The maximum Gasteiger partial charge on any atom is 0.132 e. The molecule has 1 unspecified atom stereocenters. The number of rotatable bonds is 24. The van der Waals surface area contributed by atoms with Gasteiger partial charge in [0.25, 0.3) is 0 Å². The number of aliphatic hydroxyl groups excluding tert-OH is 2. The monoisotopic (exact) mass is 412 g/mol. The maximum absolute atomic E-state index is 11.5. The average molecular weight is 413 g/mol. The predicted octanol–water partition coefficient (Wildman–Crippen LogP) is 7.51. The van der Waals surface area contributed by atoms with Gasteiger partial charge >= 0.3 is 0 Å². The highest BCUT2D eigenvalue weighted by molar-refractivity contribution is 5.78. The zero-order chi connectivity index (χ0) is 21.4. The van der Waals surface area contributed by atoms with Crippen LogP contribution in [-0.2, 0) is 4.79 Å². The van der Waals surface area contributed by atoms with E-state index in [9.17, 15) is 9.90 Å². The van der Waals surface area contributed by atoms with Crippen LogP contribution in [0, 0.1) is 0 Å². The summed E-state index contributed by atoms with van der Waals surface area (Å²) in [7, 11) is 0. The molecule has 0 spiro atoms. The van der Waals surface area contributed by atoms with E-state index in [4.69, 9.17) is 5.11 Å². The van der Waals surface area contributed by atoms with Crippen LogP contribution < -0.4 is 0 Å². The third-order valence-electron chi connectivity index (χ3n) is 6.00. The molecule has 0 saturated carbocycles. The first-order valence-corrected chi connectivity index (χ1v) is 13.0. The van der Waals surface area contributed by atoms with Crippen LogP contribution in [0.25, 0.3) is 0 Å². The number of unbranched alkanes of at least 4 members (excludes halogenated alkanes) is 15. The molecule has 0 rings (SSSR count). The number of aliphatic hydroxyl groups is 2. The van der Waals surface area contributed by atoms with Gasteiger partial charge in [0.15, 0.2) is 0 Å². The highest BCUT2D eigenvalue weighted by Crippen LogP contribution is 2.15. The molecule has 0 aliphatic carbocycles. The molecule has 1 atom stereocenters. The van der Waals surface area contributed by atoms with Crippen LogP contribution in [0.15, 0.2) is 0 Å². The second kappa shape index (κ2) is 23.9. The minimum atomic E-state index is -0.190. The van der Waals surface area contributed by atoms with Gasteiger partial charge in [-0.05, 0) is 25.7 Å². The summed E-state index contributed by atoms with van der Waals surface area (Å²) in [5, 5.41) is 18.7. The summed E-state index contributed by atoms with van der Waals surface area (Å²) in [4.78, 5) is 11.5. The fourth-order valence-corrected chi connectivity index (χ4v) is 4.00. The molecule has 0 aromatic carbocycles. The summed E-state index contributed by atoms with van der Waals surface area (Å²) in [5.74, 6) is 0.246.